The first-order valence-corrected chi connectivity index (χ1v) is 5.51. The number of ether oxygens (including phenoxy) is 1. The first kappa shape index (κ1) is 11.5. The predicted octanol–water partition coefficient (Wildman–Crippen LogP) is 3.26. The van der Waals surface area contributed by atoms with Crippen LogP contribution in [0, 0.1) is 0 Å². The lowest BCUT2D eigenvalue weighted by Gasteiger charge is -2.13. The summed E-state index contributed by atoms with van der Waals surface area (Å²) in [5.74, 6) is 0.865. The first-order valence-electron chi connectivity index (χ1n) is 4.72. The molecule has 2 N–H and O–H groups in total. The van der Waals surface area contributed by atoms with Crippen molar-refractivity contribution >= 4 is 15.9 Å². The van der Waals surface area contributed by atoms with Crippen molar-refractivity contribution in [3.8, 4) is 5.75 Å². The number of hydrogen-bond acceptors (Lipinski definition) is 2. The highest BCUT2D eigenvalue weighted by Gasteiger charge is 2.06. The van der Waals surface area contributed by atoms with Gasteiger partial charge in [-0.1, -0.05) is 6.07 Å². The molecule has 0 fully saturated rings. The molecule has 0 saturated carbocycles. The van der Waals surface area contributed by atoms with Gasteiger partial charge < -0.3 is 10.5 Å². The second-order valence-corrected chi connectivity index (χ2v) is 4.50. The monoisotopic (exact) mass is 257 g/mol. The molecule has 14 heavy (non-hydrogen) atoms. The van der Waals surface area contributed by atoms with Crippen LogP contribution in [0.4, 0.5) is 0 Å². The summed E-state index contributed by atoms with van der Waals surface area (Å²) in [6.07, 6.45) is 0.187. The molecule has 0 saturated heterocycles. The van der Waals surface area contributed by atoms with Crippen LogP contribution >= 0.6 is 15.9 Å². The largest absolute Gasteiger partial charge is 0.490 e. The molecular formula is C11H16BrNO. The number of rotatable bonds is 3. The number of benzene rings is 1. The van der Waals surface area contributed by atoms with Gasteiger partial charge in [0.25, 0.3) is 0 Å². The standard InChI is InChI=1S/C11H16BrNO/c1-7(2)14-11-5-4-9(8(3)13)6-10(11)12/h4-8H,13H2,1-3H3/t8-/m1/s1. The number of nitrogens with two attached hydrogens (primary N) is 1. The number of halogens is 1. The van der Waals surface area contributed by atoms with Crippen LogP contribution in [0.3, 0.4) is 0 Å². The van der Waals surface area contributed by atoms with Gasteiger partial charge in [-0.15, -0.1) is 0 Å². The molecule has 0 bridgehead atoms. The number of hydrogen-bond donors (Lipinski definition) is 1. The van der Waals surface area contributed by atoms with E-state index in [-0.39, 0.29) is 12.1 Å². The zero-order valence-corrected chi connectivity index (χ0v) is 10.3. The average molecular weight is 258 g/mol. The molecule has 1 atom stereocenters. The van der Waals surface area contributed by atoms with Gasteiger partial charge in [0.05, 0.1) is 10.6 Å². The quantitative estimate of drug-likeness (QED) is 0.903. The Morgan fingerprint density at radius 3 is 2.36 bits per heavy atom. The fourth-order valence-corrected chi connectivity index (χ4v) is 1.64. The lowest BCUT2D eigenvalue weighted by atomic mass is 10.1. The van der Waals surface area contributed by atoms with Gasteiger partial charge in [0.2, 0.25) is 0 Å². The van der Waals surface area contributed by atoms with Gasteiger partial charge in [0, 0.05) is 6.04 Å². The van der Waals surface area contributed by atoms with E-state index >= 15 is 0 Å². The molecule has 3 heteroatoms. The molecular weight excluding hydrogens is 242 g/mol. The minimum absolute atomic E-state index is 0.0550. The molecule has 1 aromatic carbocycles. The van der Waals surface area contributed by atoms with Crippen molar-refractivity contribution < 1.29 is 4.74 Å². The first-order chi connectivity index (χ1) is 6.50. The van der Waals surface area contributed by atoms with Gasteiger partial charge in [0.15, 0.2) is 0 Å². The van der Waals surface area contributed by atoms with Crippen LogP contribution in [0.1, 0.15) is 32.4 Å². The summed E-state index contributed by atoms with van der Waals surface area (Å²) in [5, 5.41) is 0. The van der Waals surface area contributed by atoms with Crippen LogP contribution in [0.5, 0.6) is 5.75 Å². The van der Waals surface area contributed by atoms with Crippen molar-refractivity contribution in [3.63, 3.8) is 0 Å². The van der Waals surface area contributed by atoms with Gasteiger partial charge in [-0.25, -0.2) is 0 Å². The van der Waals surface area contributed by atoms with Gasteiger partial charge in [0.1, 0.15) is 5.75 Å². The summed E-state index contributed by atoms with van der Waals surface area (Å²) in [6, 6.07) is 6.00. The van der Waals surface area contributed by atoms with Crippen molar-refractivity contribution in [2.75, 3.05) is 0 Å². The molecule has 0 aliphatic rings. The van der Waals surface area contributed by atoms with Crippen LogP contribution in [-0.2, 0) is 0 Å². The maximum absolute atomic E-state index is 5.77. The summed E-state index contributed by atoms with van der Waals surface area (Å²) >= 11 is 3.46. The zero-order chi connectivity index (χ0) is 10.7. The fourth-order valence-electron chi connectivity index (χ4n) is 1.15. The molecule has 1 rings (SSSR count). The van der Waals surface area contributed by atoms with Gasteiger partial charge in [-0.2, -0.15) is 0 Å². The summed E-state index contributed by atoms with van der Waals surface area (Å²) in [7, 11) is 0. The van der Waals surface area contributed by atoms with Crippen LogP contribution in [0.25, 0.3) is 0 Å². The molecule has 0 amide bonds. The zero-order valence-electron chi connectivity index (χ0n) is 8.75. The van der Waals surface area contributed by atoms with E-state index in [1.165, 1.54) is 0 Å². The normalized spacial score (nSPS) is 13.0. The van der Waals surface area contributed by atoms with E-state index in [0.29, 0.717) is 0 Å². The van der Waals surface area contributed by atoms with E-state index in [4.69, 9.17) is 10.5 Å². The van der Waals surface area contributed by atoms with E-state index in [1.807, 2.05) is 39.0 Å². The van der Waals surface area contributed by atoms with Crippen molar-refractivity contribution in [3.05, 3.63) is 28.2 Å². The van der Waals surface area contributed by atoms with Gasteiger partial charge in [-0.05, 0) is 54.4 Å². The van der Waals surface area contributed by atoms with E-state index in [0.717, 1.165) is 15.8 Å². The molecule has 0 unspecified atom stereocenters. The van der Waals surface area contributed by atoms with Crippen LogP contribution < -0.4 is 10.5 Å². The summed E-state index contributed by atoms with van der Waals surface area (Å²) in [6.45, 7) is 5.97. The Hall–Kier alpha value is -0.540. The molecule has 0 aliphatic heterocycles. The Bertz CT molecular complexity index is 310. The molecule has 0 heterocycles. The van der Waals surface area contributed by atoms with Crippen molar-refractivity contribution in [2.24, 2.45) is 5.73 Å². The smallest absolute Gasteiger partial charge is 0.133 e. The lowest BCUT2D eigenvalue weighted by Crippen LogP contribution is -2.08. The third-order valence-electron chi connectivity index (χ3n) is 1.84. The minimum atomic E-state index is 0.0550. The second-order valence-electron chi connectivity index (χ2n) is 3.65. The Morgan fingerprint density at radius 1 is 1.29 bits per heavy atom. The molecule has 0 spiro atoms. The van der Waals surface area contributed by atoms with Gasteiger partial charge >= 0.3 is 0 Å². The van der Waals surface area contributed by atoms with Crippen LogP contribution in [-0.4, -0.2) is 6.10 Å². The SMILES string of the molecule is CC(C)Oc1ccc([C@@H](C)N)cc1Br. The van der Waals surface area contributed by atoms with E-state index in [2.05, 4.69) is 15.9 Å². The van der Waals surface area contributed by atoms with Gasteiger partial charge in [-0.3, -0.25) is 0 Å². The minimum Gasteiger partial charge on any atom is -0.490 e. The Balaban J connectivity index is 2.90. The Kier molecular flexibility index (Phi) is 3.96. The predicted molar refractivity (Wildman–Crippen MR) is 62.5 cm³/mol. The second kappa shape index (κ2) is 4.80. The van der Waals surface area contributed by atoms with Crippen molar-refractivity contribution in [2.45, 2.75) is 32.9 Å². The maximum Gasteiger partial charge on any atom is 0.133 e. The topological polar surface area (TPSA) is 35.2 Å². The van der Waals surface area contributed by atoms with E-state index in [1.54, 1.807) is 0 Å². The Labute approximate surface area is 93.6 Å². The molecule has 0 aromatic heterocycles. The highest BCUT2D eigenvalue weighted by atomic mass is 79.9. The summed E-state index contributed by atoms with van der Waals surface area (Å²) in [4.78, 5) is 0. The Morgan fingerprint density at radius 2 is 1.93 bits per heavy atom. The van der Waals surface area contributed by atoms with Crippen molar-refractivity contribution in [1.29, 1.82) is 0 Å². The van der Waals surface area contributed by atoms with E-state index < -0.39 is 0 Å². The van der Waals surface area contributed by atoms with Crippen LogP contribution in [0.15, 0.2) is 22.7 Å². The maximum atomic E-state index is 5.77. The molecule has 0 aliphatic carbocycles. The van der Waals surface area contributed by atoms with E-state index in [9.17, 15) is 0 Å². The fraction of sp³-hybridized carbons (Fsp3) is 0.455. The third kappa shape index (κ3) is 3.00. The third-order valence-corrected chi connectivity index (χ3v) is 2.46. The molecule has 0 radical (unpaired) electrons. The van der Waals surface area contributed by atoms with Crippen molar-refractivity contribution in [1.82, 2.24) is 0 Å². The summed E-state index contributed by atoms with van der Waals surface area (Å²) < 4.78 is 6.55. The summed E-state index contributed by atoms with van der Waals surface area (Å²) in [5.41, 5.74) is 6.88. The molecule has 78 valence electrons. The molecule has 2 nitrogen and oxygen atoms in total. The highest BCUT2D eigenvalue weighted by molar-refractivity contribution is 9.10. The van der Waals surface area contributed by atoms with Crippen LogP contribution in [0.2, 0.25) is 0 Å². The highest BCUT2D eigenvalue weighted by Crippen LogP contribution is 2.28. The average Bonchev–Trinajstić information content (AvgIpc) is 2.07. The molecule has 1 aromatic rings. The lowest BCUT2D eigenvalue weighted by molar-refractivity contribution is 0.241.